The summed E-state index contributed by atoms with van der Waals surface area (Å²) in [7, 11) is 0. The average molecular weight is 245 g/mol. The van der Waals surface area contributed by atoms with Crippen LogP contribution in [0.2, 0.25) is 0 Å². The molecular weight excluding hydrogens is 230 g/mol. The zero-order valence-electron chi connectivity index (χ0n) is 10.6. The van der Waals surface area contributed by atoms with Gasteiger partial charge in [0.1, 0.15) is 5.56 Å². The van der Waals surface area contributed by atoms with E-state index in [4.69, 9.17) is 0 Å². The first-order chi connectivity index (χ1) is 8.50. The molecule has 0 atom stereocenters. The van der Waals surface area contributed by atoms with Gasteiger partial charge in [0, 0.05) is 12.4 Å². The number of aromatic nitrogens is 3. The molecule has 0 saturated carbocycles. The first-order valence-electron chi connectivity index (χ1n) is 5.75. The van der Waals surface area contributed by atoms with E-state index >= 15 is 0 Å². The molecule has 0 unspecified atom stereocenters. The zero-order valence-corrected chi connectivity index (χ0v) is 10.6. The van der Waals surface area contributed by atoms with Crippen LogP contribution in [-0.2, 0) is 0 Å². The number of aromatic carboxylic acids is 1. The van der Waals surface area contributed by atoms with Gasteiger partial charge in [0.2, 0.25) is 0 Å². The van der Waals surface area contributed by atoms with Crippen molar-refractivity contribution in [2.45, 2.75) is 26.7 Å². The van der Waals surface area contributed by atoms with Crippen molar-refractivity contribution in [3.63, 3.8) is 0 Å². The molecule has 0 aromatic carbocycles. The Morgan fingerprint density at radius 3 is 2.67 bits per heavy atom. The molecule has 0 spiro atoms. The Labute approximate surface area is 105 Å². The molecule has 1 N–H and O–H groups in total. The third kappa shape index (κ3) is 2.11. The van der Waals surface area contributed by atoms with Crippen molar-refractivity contribution < 1.29 is 9.90 Å². The van der Waals surface area contributed by atoms with E-state index in [1.165, 1.54) is 4.68 Å². The highest BCUT2D eigenvalue weighted by Crippen LogP contribution is 2.18. The standard InChI is InChI=1S/C13H15N3O2/c1-8(2)10-5-7-16(15-10)12-11(13(17)18)9(3)4-6-14-12/h4-8H,1-3H3,(H,17,18). The Hall–Kier alpha value is -2.17. The normalized spacial score (nSPS) is 10.9. The predicted octanol–water partition coefficient (Wildman–Crippen LogP) is 2.40. The third-order valence-electron chi connectivity index (χ3n) is 2.77. The number of aryl methyl sites for hydroxylation is 1. The average Bonchev–Trinajstić information content (AvgIpc) is 2.77. The fraction of sp³-hybridized carbons (Fsp3) is 0.308. The van der Waals surface area contributed by atoms with Gasteiger partial charge in [-0.15, -0.1) is 0 Å². The van der Waals surface area contributed by atoms with Crippen LogP contribution < -0.4 is 0 Å². The molecule has 2 rings (SSSR count). The maximum absolute atomic E-state index is 11.3. The summed E-state index contributed by atoms with van der Waals surface area (Å²) < 4.78 is 1.52. The molecule has 0 saturated heterocycles. The number of rotatable bonds is 3. The Morgan fingerprint density at radius 1 is 1.39 bits per heavy atom. The maximum Gasteiger partial charge on any atom is 0.339 e. The number of carboxylic acids is 1. The van der Waals surface area contributed by atoms with Crippen LogP contribution in [0.5, 0.6) is 0 Å². The van der Waals surface area contributed by atoms with Gasteiger partial charge in [-0.3, -0.25) is 0 Å². The molecule has 2 aromatic rings. The summed E-state index contributed by atoms with van der Waals surface area (Å²) >= 11 is 0. The third-order valence-corrected chi connectivity index (χ3v) is 2.77. The van der Waals surface area contributed by atoms with E-state index < -0.39 is 5.97 Å². The number of nitrogens with zero attached hydrogens (tertiary/aromatic N) is 3. The summed E-state index contributed by atoms with van der Waals surface area (Å²) in [6, 6.07) is 3.56. The monoisotopic (exact) mass is 245 g/mol. The van der Waals surface area contributed by atoms with Crippen LogP contribution in [-0.4, -0.2) is 25.8 Å². The predicted molar refractivity (Wildman–Crippen MR) is 67.1 cm³/mol. The Bertz CT molecular complexity index is 588. The molecule has 5 nitrogen and oxygen atoms in total. The second kappa shape index (κ2) is 4.60. The van der Waals surface area contributed by atoms with Crippen LogP contribution in [0.25, 0.3) is 5.82 Å². The fourth-order valence-corrected chi connectivity index (χ4v) is 1.75. The minimum atomic E-state index is -0.989. The van der Waals surface area contributed by atoms with Gasteiger partial charge in [0.25, 0.3) is 0 Å². The summed E-state index contributed by atoms with van der Waals surface area (Å²) in [6.45, 7) is 5.82. The molecule has 0 amide bonds. The van der Waals surface area contributed by atoms with E-state index in [2.05, 4.69) is 10.1 Å². The van der Waals surface area contributed by atoms with Gasteiger partial charge in [-0.2, -0.15) is 5.10 Å². The zero-order chi connectivity index (χ0) is 13.3. The van der Waals surface area contributed by atoms with Crippen molar-refractivity contribution in [3.8, 4) is 5.82 Å². The smallest absolute Gasteiger partial charge is 0.339 e. The molecule has 18 heavy (non-hydrogen) atoms. The first kappa shape index (κ1) is 12.3. The second-order valence-electron chi connectivity index (χ2n) is 4.47. The molecule has 94 valence electrons. The molecule has 0 fully saturated rings. The highest BCUT2D eigenvalue weighted by Gasteiger charge is 2.17. The maximum atomic E-state index is 11.3. The second-order valence-corrected chi connectivity index (χ2v) is 4.47. The summed E-state index contributed by atoms with van der Waals surface area (Å²) in [4.78, 5) is 15.4. The summed E-state index contributed by atoms with van der Waals surface area (Å²) in [5, 5.41) is 13.6. The van der Waals surface area contributed by atoms with Crippen LogP contribution >= 0.6 is 0 Å². The summed E-state index contributed by atoms with van der Waals surface area (Å²) in [5.74, 6) is -0.337. The molecule has 0 radical (unpaired) electrons. The molecule has 0 aliphatic rings. The molecule has 2 heterocycles. The van der Waals surface area contributed by atoms with Crippen LogP contribution in [0.3, 0.4) is 0 Å². The minimum Gasteiger partial charge on any atom is -0.478 e. The number of hydrogen-bond donors (Lipinski definition) is 1. The van der Waals surface area contributed by atoms with Crippen LogP contribution in [0.15, 0.2) is 24.5 Å². The van der Waals surface area contributed by atoms with E-state index in [9.17, 15) is 9.90 Å². The lowest BCUT2D eigenvalue weighted by Crippen LogP contribution is -2.10. The van der Waals surface area contributed by atoms with E-state index in [0.29, 0.717) is 17.3 Å². The molecule has 2 aromatic heterocycles. The van der Waals surface area contributed by atoms with Gasteiger partial charge in [0.15, 0.2) is 5.82 Å². The fourth-order valence-electron chi connectivity index (χ4n) is 1.75. The molecule has 5 heteroatoms. The molecule has 0 aliphatic heterocycles. The van der Waals surface area contributed by atoms with Crippen molar-refractivity contribution >= 4 is 5.97 Å². The number of carbonyl (C=O) groups is 1. The minimum absolute atomic E-state index is 0.191. The molecule has 0 aliphatic carbocycles. The molecule has 0 bridgehead atoms. The number of hydrogen-bond acceptors (Lipinski definition) is 3. The lowest BCUT2D eigenvalue weighted by molar-refractivity contribution is 0.0695. The SMILES string of the molecule is Cc1ccnc(-n2ccc(C(C)C)n2)c1C(=O)O. The van der Waals surface area contributed by atoms with Gasteiger partial charge < -0.3 is 5.11 Å². The van der Waals surface area contributed by atoms with Gasteiger partial charge in [0.05, 0.1) is 5.69 Å². The lowest BCUT2D eigenvalue weighted by Gasteiger charge is -2.07. The summed E-state index contributed by atoms with van der Waals surface area (Å²) in [5.41, 5.74) is 1.78. The van der Waals surface area contributed by atoms with E-state index in [-0.39, 0.29) is 5.56 Å². The van der Waals surface area contributed by atoms with E-state index in [1.54, 1.807) is 25.4 Å². The van der Waals surface area contributed by atoms with Crippen molar-refractivity contribution in [1.29, 1.82) is 0 Å². The lowest BCUT2D eigenvalue weighted by atomic mass is 10.1. The highest BCUT2D eigenvalue weighted by atomic mass is 16.4. The van der Waals surface area contributed by atoms with Gasteiger partial charge in [-0.05, 0) is 30.5 Å². The number of pyridine rings is 1. The van der Waals surface area contributed by atoms with Crippen LogP contribution in [0.1, 0.15) is 41.4 Å². The van der Waals surface area contributed by atoms with Crippen molar-refractivity contribution in [3.05, 3.63) is 41.3 Å². The summed E-state index contributed by atoms with van der Waals surface area (Å²) in [6.07, 6.45) is 3.33. The van der Waals surface area contributed by atoms with Crippen molar-refractivity contribution in [1.82, 2.24) is 14.8 Å². The Kier molecular flexibility index (Phi) is 3.14. The van der Waals surface area contributed by atoms with Crippen molar-refractivity contribution in [2.75, 3.05) is 0 Å². The highest BCUT2D eigenvalue weighted by molar-refractivity contribution is 5.92. The van der Waals surface area contributed by atoms with Crippen LogP contribution in [0.4, 0.5) is 0 Å². The van der Waals surface area contributed by atoms with Gasteiger partial charge in [-0.1, -0.05) is 13.8 Å². The first-order valence-corrected chi connectivity index (χ1v) is 5.75. The van der Waals surface area contributed by atoms with Crippen molar-refractivity contribution in [2.24, 2.45) is 0 Å². The number of carboxylic acid groups (broad SMARTS) is 1. The van der Waals surface area contributed by atoms with Gasteiger partial charge in [-0.25, -0.2) is 14.5 Å². The topological polar surface area (TPSA) is 68.0 Å². The Balaban J connectivity index is 2.56. The van der Waals surface area contributed by atoms with E-state index in [0.717, 1.165) is 5.69 Å². The van der Waals surface area contributed by atoms with Crippen LogP contribution in [0, 0.1) is 6.92 Å². The largest absolute Gasteiger partial charge is 0.478 e. The Morgan fingerprint density at radius 2 is 2.11 bits per heavy atom. The van der Waals surface area contributed by atoms with Gasteiger partial charge >= 0.3 is 5.97 Å². The molecular formula is C13H15N3O2. The van der Waals surface area contributed by atoms with E-state index in [1.807, 2.05) is 19.9 Å². The quantitative estimate of drug-likeness (QED) is 0.901.